The van der Waals surface area contributed by atoms with Crippen molar-refractivity contribution in [2.45, 2.75) is 6.42 Å². The molecule has 0 radical (unpaired) electrons. The van der Waals surface area contributed by atoms with Crippen LogP contribution in [-0.2, 0) is 6.42 Å². The summed E-state index contributed by atoms with van der Waals surface area (Å²) in [5, 5.41) is 3.78. The molecule has 0 amide bonds. The molecule has 0 saturated carbocycles. The van der Waals surface area contributed by atoms with Crippen LogP contribution in [0, 0.1) is 0 Å². The van der Waals surface area contributed by atoms with E-state index in [2.05, 4.69) is 59.6 Å². The number of benzene rings is 3. The molecule has 0 saturated heterocycles. The zero-order valence-electron chi connectivity index (χ0n) is 11.5. The maximum Gasteiger partial charge on any atom is 0.0708 e. The third-order valence-corrected chi connectivity index (χ3v) is 4.50. The Morgan fingerprint density at radius 1 is 0.714 bits per heavy atom. The fourth-order valence-corrected chi connectivity index (χ4v) is 3.49. The average molecular weight is 267 g/mol. The fraction of sp³-hybridized carbons (Fsp3) is 0.0500. The second-order valence-electron chi connectivity index (χ2n) is 5.71. The summed E-state index contributed by atoms with van der Waals surface area (Å²) in [7, 11) is 0. The average Bonchev–Trinajstić information content (AvgIpc) is 2.90. The minimum atomic E-state index is 1.04. The molecule has 1 nitrogen and oxygen atoms in total. The van der Waals surface area contributed by atoms with Crippen LogP contribution in [0.25, 0.3) is 32.8 Å². The molecule has 5 rings (SSSR count). The van der Waals surface area contributed by atoms with Gasteiger partial charge in [-0.15, -0.1) is 0 Å². The Bertz CT molecular complexity index is 1010. The number of nitrogens with zero attached hydrogens (tertiary/aromatic N) is 1. The molecular formula is C20H13N. The number of pyridine rings is 1. The van der Waals surface area contributed by atoms with E-state index in [0.29, 0.717) is 0 Å². The molecule has 4 aromatic rings. The molecule has 0 atom stereocenters. The van der Waals surface area contributed by atoms with Crippen molar-refractivity contribution in [3.8, 4) is 11.1 Å². The Hall–Kier alpha value is -2.67. The van der Waals surface area contributed by atoms with E-state index in [1.807, 2.05) is 12.3 Å². The van der Waals surface area contributed by atoms with Crippen molar-refractivity contribution in [2.24, 2.45) is 0 Å². The van der Waals surface area contributed by atoms with Gasteiger partial charge in [-0.25, -0.2) is 0 Å². The first-order chi connectivity index (χ1) is 10.4. The van der Waals surface area contributed by atoms with Gasteiger partial charge in [-0.2, -0.15) is 0 Å². The van der Waals surface area contributed by atoms with Gasteiger partial charge < -0.3 is 0 Å². The minimum Gasteiger partial charge on any atom is -0.256 e. The Labute approximate surface area is 122 Å². The van der Waals surface area contributed by atoms with Gasteiger partial charge in [0.1, 0.15) is 0 Å². The van der Waals surface area contributed by atoms with Gasteiger partial charge in [0, 0.05) is 17.0 Å². The topological polar surface area (TPSA) is 12.9 Å². The summed E-state index contributed by atoms with van der Waals surface area (Å²) in [6.07, 6.45) is 3.04. The molecule has 21 heavy (non-hydrogen) atoms. The van der Waals surface area contributed by atoms with Crippen molar-refractivity contribution in [1.82, 2.24) is 4.98 Å². The van der Waals surface area contributed by atoms with E-state index in [1.165, 1.54) is 38.4 Å². The highest BCUT2D eigenvalue weighted by Gasteiger charge is 2.18. The lowest BCUT2D eigenvalue weighted by molar-refractivity contribution is 1.27. The first kappa shape index (κ1) is 11.0. The Morgan fingerprint density at radius 2 is 1.57 bits per heavy atom. The molecule has 98 valence electrons. The van der Waals surface area contributed by atoms with Crippen LogP contribution in [0.1, 0.15) is 11.1 Å². The first-order valence-electron chi connectivity index (χ1n) is 7.29. The van der Waals surface area contributed by atoms with Crippen LogP contribution in [0.2, 0.25) is 0 Å². The third-order valence-electron chi connectivity index (χ3n) is 4.50. The number of hydrogen-bond acceptors (Lipinski definition) is 1. The molecule has 0 bridgehead atoms. The molecule has 0 fully saturated rings. The third kappa shape index (κ3) is 1.49. The zero-order chi connectivity index (χ0) is 13.8. The van der Waals surface area contributed by atoms with Gasteiger partial charge in [0.05, 0.1) is 5.52 Å². The highest BCUT2D eigenvalue weighted by Crippen LogP contribution is 2.39. The predicted molar refractivity (Wildman–Crippen MR) is 87.5 cm³/mol. The molecule has 0 aliphatic heterocycles. The van der Waals surface area contributed by atoms with Crippen LogP contribution in [0.3, 0.4) is 0 Å². The first-order valence-corrected chi connectivity index (χ1v) is 7.29. The van der Waals surface area contributed by atoms with Gasteiger partial charge in [-0.3, -0.25) is 4.98 Å². The highest BCUT2D eigenvalue weighted by molar-refractivity contribution is 6.07. The minimum absolute atomic E-state index is 1.04. The van der Waals surface area contributed by atoms with Crippen molar-refractivity contribution in [2.75, 3.05) is 0 Å². The number of para-hydroxylation sites is 1. The van der Waals surface area contributed by atoms with Gasteiger partial charge in [0.25, 0.3) is 0 Å². The van der Waals surface area contributed by atoms with E-state index in [0.717, 1.165) is 11.9 Å². The standard InChI is InChI=1S/C20H13N/c1-2-6-16-13(5-1)9-14-10-19-15(11-18(14)16)12-21-20-8-4-3-7-17(19)20/h1-8,10-12H,9H2. The van der Waals surface area contributed by atoms with Crippen LogP contribution in [-0.4, -0.2) is 4.98 Å². The summed E-state index contributed by atoms with van der Waals surface area (Å²) in [6, 6.07) is 21.7. The van der Waals surface area contributed by atoms with Gasteiger partial charge in [0.2, 0.25) is 0 Å². The van der Waals surface area contributed by atoms with Crippen molar-refractivity contribution >= 4 is 21.7 Å². The second kappa shape index (κ2) is 3.92. The number of hydrogen-bond donors (Lipinski definition) is 0. The lowest BCUT2D eigenvalue weighted by Crippen LogP contribution is -1.85. The molecule has 0 spiro atoms. The molecule has 3 aromatic carbocycles. The van der Waals surface area contributed by atoms with Crippen molar-refractivity contribution in [3.63, 3.8) is 0 Å². The van der Waals surface area contributed by atoms with Gasteiger partial charge >= 0.3 is 0 Å². The maximum absolute atomic E-state index is 4.59. The summed E-state index contributed by atoms with van der Waals surface area (Å²) in [5.41, 5.74) is 6.68. The van der Waals surface area contributed by atoms with Crippen molar-refractivity contribution in [1.29, 1.82) is 0 Å². The molecule has 0 unspecified atom stereocenters. The monoisotopic (exact) mass is 267 g/mol. The Kier molecular flexibility index (Phi) is 2.06. The van der Waals surface area contributed by atoms with E-state index in [9.17, 15) is 0 Å². The molecule has 1 aromatic heterocycles. The molecular weight excluding hydrogens is 254 g/mol. The van der Waals surface area contributed by atoms with Gasteiger partial charge in [-0.1, -0.05) is 42.5 Å². The lowest BCUT2D eigenvalue weighted by atomic mass is 9.99. The molecule has 0 N–H and O–H groups in total. The largest absolute Gasteiger partial charge is 0.256 e. The van der Waals surface area contributed by atoms with Crippen LogP contribution >= 0.6 is 0 Å². The summed E-state index contributed by atoms with van der Waals surface area (Å²) in [4.78, 5) is 4.59. The molecule has 1 aliphatic rings. The Balaban J connectivity index is 1.89. The Morgan fingerprint density at radius 3 is 2.57 bits per heavy atom. The van der Waals surface area contributed by atoms with Crippen molar-refractivity contribution in [3.05, 3.63) is 78.0 Å². The van der Waals surface area contributed by atoms with Gasteiger partial charge in [0.15, 0.2) is 0 Å². The number of fused-ring (bicyclic) bond motifs is 6. The van der Waals surface area contributed by atoms with E-state index in [-0.39, 0.29) is 0 Å². The summed E-state index contributed by atoms with van der Waals surface area (Å²) in [5.74, 6) is 0. The second-order valence-corrected chi connectivity index (χ2v) is 5.71. The summed E-state index contributed by atoms with van der Waals surface area (Å²) in [6.45, 7) is 0. The van der Waals surface area contributed by atoms with E-state index in [4.69, 9.17) is 0 Å². The van der Waals surface area contributed by atoms with Crippen LogP contribution in [0.5, 0.6) is 0 Å². The van der Waals surface area contributed by atoms with E-state index in [1.54, 1.807) is 0 Å². The smallest absolute Gasteiger partial charge is 0.0708 e. The highest BCUT2D eigenvalue weighted by atomic mass is 14.6. The maximum atomic E-state index is 4.59. The van der Waals surface area contributed by atoms with E-state index < -0.39 is 0 Å². The predicted octanol–water partition coefficient (Wildman–Crippen LogP) is 4.96. The van der Waals surface area contributed by atoms with Crippen molar-refractivity contribution < 1.29 is 0 Å². The zero-order valence-corrected chi connectivity index (χ0v) is 11.5. The molecule has 1 heterocycles. The van der Waals surface area contributed by atoms with Gasteiger partial charge in [-0.05, 0) is 52.3 Å². The molecule has 1 heteroatoms. The SMILES string of the molecule is c1ccc2c(c1)Cc1cc3c(cnc4ccccc43)cc1-2. The van der Waals surface area contributed by atoms with Crippen LogP contribution in [0.15, 0.2) is 66.9 Å². The molecule has 1 aliphatic carbocycles. The quantitative estimate of drug-likeness (QED) is 0.361. The summed E-state index contributed by atoms with van der Waals surface area (Å²) >= 11 is 0. The van der Waals surface area contributed by atoms with E-state index >= 15 is 0 Å². The number of aromatic nitrogens is 1. The summed E-state index contributed by atoms with van der Waals surface area (Å²) < 4.78 is 0. The lowest BCUT2D eigenvalue weighted by Gasteiger charge is -2.07. The van der Waals surface area contributed by atoms with Crippen LogP contribution < -0.4 is 0 Å². The van der Waals surface area contributed by atoms with Crippen LogP contribution in [0.4, 0.5) is 0 Å². The normalized spacial score (nSPS) is 12.6. The number of rotatable bonds is 0. The fourth-order valence-electron chi connectivity index (χ4n) is 3.49.